The summed E-state index contributed by atoms with van der Waals surface area (Å²) in [6, 6.07) is 3.56. The van der Waals surface area contributed by atoms with Gasteiger partial charge in [-0.3, -0.25) is 0 Å². The monoisotopic (exact) mass is 288 g/mol. The molecule has 6 nitrogen and oxygen atoms in total. The summed E-state index contributed by atoms with van der Waals surface area (Å²) >= 11 is 5.70. The Bertz CT molecular complexity index is 556. The highest BCUT2D eigenvalue weighted by molar-refractivity contribution is 7.89. The molecule has 98 valence electrons. The van der Waals surface area contributed by atoms with Crippen LogP contribution in [-0.2, 0) is 16.6 Å². The normalized spacial score (nSPS) is 18.1. The molecule has 0 aliphatic carbocycles. The predicted molar refractivity (Wildman–Crippen MR) is 69.9 cm³/mol. The minimum atomic E-state index is -3.39. The first-order chi connectivity index (χ1) is 8.44. The lowest BCUT2D eigenvalue weighted by molar-refractivity contribution is 0.456. The van der Waals surface area contributed by atoms with Gasteiger partial charge in [0.15, 0.2) is 0 Å². The van der Waals surface area contributed by atoms with E-state index in [0.717, 1.165) is 11.8 Å². The van der Waals surface area contributed by atoms with E-state index >= 15 is 0 Å². The molecule has 1 N–H and O–H groups in total. The number of halogens is 1. The molecule has 0 aromatic carbocycles. The van der Waals surface area contributed by atoms with Gasteiger partial charge in [0.1, 0.15) is 5.15 Å². The smallest absolute Gasteiger partial charge is 0.253 e. The van der Waals surface area contributed by atoms with Crippen LogP contribution in [0.2, 0.25) is 5.15 Å². The van der Waals surface area contributed by atoms with E-state index in [1.165, 1.54) is 0 Å². The van der Waals surface area contributed by atoms with Gasteiger partial charge in [0, 0.05) is 25.8 Å². The van der Waals surface area contributed by atoms with E-state index in [1.54, 1.807) is 12.3 Å². The summed E-state index contributed by atoms with van der Waals surface area (Å²) in [5, 5.41) is 3.38. The second-order valence-electron chi connectivity index (χ2n) is 3.99. The number of hydrogen-bond donors (Lipinski definition) is 1. The molecule has 1 aliphatic heterocycles. The third-order valence-corrected chi connectivity index (χ3v) is 3.11. The average molecular weight is 289 g/mol. The predicted octanol–water partition coefficient (Wildman–Crippen LogP) is 0.456. The Labute approximate surface area is 111 Å². The van der Waals surface area contributed by atoms with Crippen molar-refractivity contribution in [3.8, 4) is 0 Å². The van der Waals surface area contributed by atoms with Gasteiger partial charge in [-0.05, 0) is 11.6 Å². The highest BCUT2D eigenvalue weighted by Crippen LogP contribution is 2.10. The van der Waals surface area contributed by atoms with Crippen molar-refractivity contribution in [1.82, 2.24) is 15.2 Å². The van der Waals surface area contributed by atoms with E-state index in [1.807, 2.05) is 11.0 Å². The van der Waals surface area contributed by atoms with Crippen LogP contribution in [0.1, 0.15) is 5.56 Å². The lowest BCUT2D eigenvalue weighted by atomic mass is 10.3. The first-order valence-corrected chi connectivity index (χ1v) is 7.56. The zero-order valence-corrected chi connectivity index (χ0v) is 11.4. The van der Waals surface area contributed by atoms with Crippen molar-refractivity contribution in [2.24, 2.45) is 4.40 Å². The molecule has 0 radical (unpaired) electrons. The summed E-state index contributed by atoms with van der Waals surface area (Å²) in [5.41, 5.74) is 0.948. The van der Waals surface area contributed by atoms with Crippen molar-refractivity contribution < 1.29 is 8.42 Å². The largest absolute Gasteiger partial charge is 0.354 e. The lowest BCUT2D eigenvalue weighted by Crippen LogP contribution is -2.30. The van der Waals surface area contributed by atoms with Gasteiger partial charge in [-0.15, -0.1) is 4.40 Å². The van der Waals surface area contributed by atoms with Crippen LogP contribution in [0.15, 0.2) is 22.7 Å². The highest BCUT2D eigenvalue weighted by atomic mass is 35.5. The van der Waals surface area contributed by atoms with E-state index in [2.05, 4.69) is 14.7 Å². The summed E-state index contributed by atoms with van der Waals surface area (Å²) < 4.78 is 26.0. The summed E-state index contributed by atoms with van der Waals surface area (Å²) in [7, 11) is -3.39. The molecule has 0 spiro atoms. The molecule has 0 amide bonds. The molecule has 0 saturated carbocycles. The van der Waals surface area contributed by atoms with E-state index in [4.69, 9.17) is 11.6 Å². The van der Waals surface area contributed by atoms with Crippen LogP contribution >= 0.6 is 11.6 Å². The molecular formula is C10H13ClN4O2S. The average Bonchev–Trinajstić information content (AvgIpc) is 2.67. The third kappa shape index (κ3) is 3.58. The van der Waals surface area contributed by atoms with Gasteiger partial charge in [0.05, 0.1) is 6.26 Å². The zero-order chi connectivity index (χ0) is 13.2. The first kappa shape index (κ1) is 13.1. The Kier molecular flexibility index (Phi) is 3.72. The maximum absolute atomic E-state index is 11.1. The second-order valence-corrected chi connectivity index (χ2v) is 6.02. The van der Waals surface area contributed by atoms with Gasteiger partial charge in [-0.2, -0.15) is 0 Å². The molecule has 2 rings (SSSR count). The van der Waals surface area contributed by atoms with Crippen LogP contribution in [-0.4, -0.2) is 43.6 Å². The molecule has 0 atom stereocenters. The van der Waals surface area contributed by atoms with E-state index < -0.39 is 10.0 Å². The van der Waals surface area contributed by atoms with Crippen molar-refractivity contribution in [3.05, 3.63) is 29.0 Å². The topological polar surface area (TPSA) is 74.7 Å². The molecule has 2 heterocycles. The molecule has 1 aliphatic rings. The fourth-order valence-corrected chi connectivity index (χ4v) is 2.25. The van der Waals surface area contributed by atoms with E-state index in [-0.39, 0.29) is 0 Å². The number of rotatable bonds is 3. The molecule has 1 aromatic heterocycles. The van der Waals surface area contributed by atoms with Crippen molar-refractivity contribution in [3.63, 3.8) is 0 Å². The maximum Gasteiger partial charge on any atom is 0.253 e. The fraction of sp³-hybridized carbons (Fsp3) is 0.400. The quantitative estimate of drug-likeness (QED) is 0.818. The van der Waals surface area contributed by atoms with Crippen molar-refractivity contribution in [1.29, 1.82) is 0 Å². The second kappa shape index (κ2) is 5.11. The van der Waals surface area contributed by atoms with Crippen LogP contribution in [0.4, 0.5) is 0 Å². The van der Waals surface area contributed by atoms with Crippen LogP contribution in [0.3, 0.4) is 0 Å². The number of nitrogens with one attached hydrogen (secondary N) is 1. The van der Waals surface area contributed by atoms with Gasteiger partial charge >= 0.3 is 0 Å². The molecule has 1 aromatic rings. The molecule has 1 fully saturated rings. The first-order valence-electron chi connectivity index (χ1n) is 5.33. The van der Waals surface area contributed by atoms with Crippen LogP contribution in [0.25, 0.3) is 0 Å². The summed E-state index contributed by atoms with van der Waals surface area (Å²) in [6.45, 7) is 1.93. The summed E-state index contributed by atoms with van der Waals surface area (Å²) in [6.07, 6.45) is 2.74. The Hall–Kier alpha value is -1.34. The Balaban J connectivity index is 2.13. The van der Waals surface area contributed by atoms with Gasteiger partial charge in [-0.25, -0.2) is 13.4 Å². The minimum absolute atomic E-state index is 0.382. The van der Waals surface area contributed by atoms with E-state index in [9.17, 15) is 8.42 Å². The number of guanidine groups is 1. The fourth-order valence-electron chi connectivity index (χ4n) is 1.64. The van der Waals surface area contributed by atoms with Crippen molar-refractivity contribution in [2.45, 2.75) is 6.54 Å². The summed E-state index contributed by atoms with van der Waals surface area (Å²) in [5.74, 6) is 0.382. The SMILES string of the molecule is CS(=O)(=O)N=C1NCCN1Cc1ccc(Cl)nc1. The molecular weight excluding hydrogens is 276 g/mol. The Morgan fingerprint density at radius 3 is 2.94 bits per heavy atom. The van der Waals surface area contributed by atoms with E-state index in [0.29, 0.717) is 30.7 Å². The van der Waals surface area contributed by atoms with Crippen LogP contribution in [0, 0.1) is 0 Å². The van der Waals surface area contributed by atoms with Gasteiger partial charge in [0.25, 0.3) is 10.0 Å². The number of aromatic nitrogens is 1. The summed E-state index contributed by atoms with van der Waals surface area (Å²) in [4.78, 5) is 5.83. The number of nitrogens with zero attached hydrogens (tertiary/aromatic N) is 3. The minimum Gasteiger partial charge on any atom is -0.354 e. The molecule has 18 heavy (non-hydrogen) atoms. The lowest BCUT2D eigenvalue weighted by Gasteiger charge is -2.16. The molecule has 0 bridgehead atoms. The molecule has 0 unspecified atom stereocenters. The highest BCUT2D eigenvalue weighted by Gasteiger charge is 2.19. The number of sulfonamides is 1. The van der Waals surface area contributed by atoms with Gasteiger partial charge in [-0.1, -0.05) is 17.7 Å². The number of pyridine rings is 1. The van der Waals surface area contributed by atoms with Gasteiger partial charge in [0.2, 0.25) is 5.96 Å². The zero-order valence-electron chi connectivity index (χ0n) is 9.80. The van der Waals surface area contributed by atoms with Crippen molar-refractivity contribution >= 4 is 27.6 Å². The Morgan fingerprint density at radius 1 is 1.56 bits per heavy atom. The molecule has 1 saturated heterocycles. The van der Waals surface area contributed by atoms with Crippen molar-refractivity contribution in [2.75, 3.05) is 19.3 Å². The van der Waals surface area contributed by atoms with Crippen LogP contribution < -0.4 is 5.32 Å². The standard InChI is InChI=1S/C10H13ClN4O2S/c1-18(16,17)14-10-12-4-5-15(10)7-8-2-3-9(11)13-6-8/h2-3,6H,4-5,7H2,1H3,(H,12,14). The number of hydrogen-bond acceptors (Lipinski definition) is 3. The molecule has 8 heteroatoms. The third-order valence-electron chi connectivity index (χ3n) is 2.38. The maximum atomic E-state index is 11.1. The van der Waals surface area contributed by atoms with Gasteiger partial charge < -0.3 is 10.2 Å². The Morgan fingerprint density at radius 2 is 2.33 bits per heavy atom. The van der Waals surface area contributed by atoms with Crippen LogP contribution in [0.5, 0.6) is 0 Å².